The highest BCUT2D eigenvalue weighted by molar-refractivity contribution is 9.10. The topological polar surface area (TPSA) is 376 Å². The number of thiocarbonyl (C=S) groups is 2. The summed E-state index contributed by atoms with van der Waals surface area (Å²) in [7, 11) is 1.66. The molecule has 7 aromatic carbocycles. The van der Waals surface area contributed by atoms with Crippen LogP contribution in [0.15, 0.2) is 102 Å². The van der Waals surface area contributed by atoms with Crippen LogP contribution in [-0.4, -0.2) is 153 Å². The lowest BCUT2D eigenvalue weighted by Gasteiger charge is -2.37. The number of halogens is 4. The van der Waals surface area contributed by atoms with Crippen molar-refractivity contribution in [1.82, 2.24) is 10.2 Å². The van der Waals surface area contributed by atoms with Crippen LogP contribution in [0.5, 0.6) is 34.5 Å². The highest BCUT2D eigenvalue weighted by Gasteiger charge is 2.33. The number of benzene rings is 7. The van der Waals surface area contributed by atoms with Gasteiger partial charge in [0, 0.05) is 151 Å². The van der Waals surface area contributed by atoms with Gasteiger partial charge in [-0.05, 0) is 272 Å². The standard InChI is InChI=1S/C27H41N3O6.C18H18FN3O2S.C16H23N3O2S.C11H12BrNO2.C11H12ClNO2.C11H12FNO2/c1-27(2,3)36-26(32)29-13-11-28(12-14-29)22-18-20-8-7-9-24(31)30(21(20)19-23(22)33-4)15-17-35-25-10-5-6-16-34-25;1-10-2-3-11-8-15(16(23)9-14(11)21-17(10)24)22-18(25)20-13-6-4-12(19)5-7-13;1-9-5-6-10-7-12(18-15(22)19-16(2,3)4)13(20)8-11(10)17-14(9)21;3*1-6-2-3-7-4-8(12)10(14)5-9(7)13-11(6)15/h18-19,25H,5-17H2,1-4H3;4-10,23H,2-3H2,1H3,(H,21,24)(H2,20,22,25);7-9,20H,5-6H2,1-4H3,(H,17,21)(H2,18,19,22);3*4-6,14H,2-3H2,1H3,(H,13,15). The Hall–Kier alpha value is -10.8. The first-order chi connectivity index (χ1) is 60.5. The molecule has 2 fully saturated rings. The number of ether oxygens (including phenoxy) is 4. The lowest BCUT2D eigenvalue weighted by Crippen LogP contribution is -2.50. The molecule has 690 valence electrons. The minimum atomic E-state index is -0.641. The van der Waals surface area contributed by atoms with E-state index in [0.29, 0.717) is 113 Å². The van der Waals surface area contributed by atoms with Gasteiger partial charge in [0.1, 0.15) is 40.2 Å². The zero-order valence-electron chi connectivity index (χ0n) is 74.4. The Kier molecular flexibility index (Phi) is 34.9. The molecular formula is C94H118BrClF2N12O16S2. The van der Waals surface area contributed by atoms with Crippen molar-refractivity contribution in [2.24, 2.45) is 29.6 Å². The van der Waals surface area contributed by atoms with E-state index in [-0.39, 0.29) is 117 Å². The number of rotatable bonds is 9. The number of methoxy groups -OCH3 is 1. The fraction of sp³-hybridized carbons (Fsp3) is 0.457. The number of carbonyl (C=O) groups excluding carboxylic acids is 7. The number of nitrogens with one attached hydrogen (secondary N) is 9. The maximum absolute atomic E-state index is 13.1. The van der Waals surface area contributed by atoms with E-state index in [1.165, 1.54) is 36.4 Å². The number of piperazine rings is 1. The molecule has 0 saturated carbocycles. The molecule has 8 heterocycles. The molecule has 0 aromatic heterocycles. The summed E-state index contributed by atoms with van der Waals surface area (Å²) in [5, 5.41) is 75.5. The molecule has 15 rings (SSSR count). The lowest BCUT2D eigenvalue weighted by molar-refractivity contribution is -0.161. The summed E-state index contributed by atoms with van der Waals surface area (Å²) in [6, 6.07) is 25.9. The molecule has 6 atom stereocenters. The first-order valence-electron chi connectivity index (χ1n) is 43.3. The van der Waals surface area contributed by atoms with Gasteiger partial charge in [0.05, 0.1) is 46.0 Å². The maximum Gasteiger partial charge on any atom is 0.410 e. The molecule has 34 heteroatoms. The van der Waals surface area contributed by atoms with Gasteiger partial charge in [0.15, 0.2) is 28.1 Å². The van der Waals surface area contributed by atoms with Crippen molar-refractivity contribution in [3.63, 3.8) is 0 Å². The van der Waals surface area contributed by atoms with E-state index in [4.69, 9.17) is 55.0 Å². The number of aromatic hydroxyl groups is 5. The van der Waals surface area contributed by atoms with Crippen LogP contribution in [0.1, 0.15) is 174 Å². The normalized spacial score (nSPS) is 19.4. The molecule has 6 unspecified atom stereocenters. The second-order valence-electron chi connectivity index (χ2n) is 35.2. The third-order valence-electron chi connectivity index (χ3n) is 22.6. The van der Waals surface area contributed by atoms with Crippen LogP contribution in [0.25, 0.3) is 0 Å². The van der Waals surface area contributed by atoms with Gasteiger partial charge < -0.3 is 107 Å². The van der Waals surface area contributed by atoms with Crippen LogP contribution in [0, 0.1) is 41.2 Å². The first kappa shape index (κ1) is 99.3. The summed E-state index contributed by atoms with van der Waals surface area (Å²) in [6.45, 7) is 25.3. The van der Waals surface area contributed by atoms with Crippen LogP contribution in [0.2, 0.25) is 5.02 Å². The molecule has 0 spiro atoms. The molecule has 7 aromatic rings. The fourth-order valence-corrected chi connectivity index (χ4v) is 16.2. The second kappa shape index (κ2) is 44.9. The number of aryl methyl sites for hydroxylation is 6. The minimum absolute atomic E-state index is 0.00156. The average Bonchev–Trinajstić information content (AvgIpc) is 1.74. The van der Waals surface area contributed by atoms with E-state index in [2.05, 4.69) is 74.7 Å². The van der Waals surface area contributed by atoms with Gasteiger partial charge in [-0.25, -0.2) is 13.6 Å². The largest absolute Gasteiger partial charge is 0.507 e. The summed E-state index contributed by atoms with van der Waals surface area (Å²) in [6.07, 6.45) is 12.5. The van der Waals surface area contributed by atoms with Crippen molar-refractivity contribution < 1.29 is 86.8 Å². The predicted molar refractivity (Wildman–Crippen MR) is 507 cm³/mol. The Bertz CT molecular complexity index is 5030. The molecule has 128 heavy (non-hydrogen) atoms. The summed E-state index contributed by atoms with van der Waals surface area (Å²) in [4.78, 5) is 89.7. The van der Waals surface area contributed by atoms with Crippen LogP contribution >= 0.6 is 52.0 Å². The van der Waals surface area contributed by atoms with Gasteiger partial charge >= 0.3 is 6.09 Å². The van der Waals surface area contributed by atoms with Crippen LogP contribution < -0.4 is 62.4 Å². The molecule has 0 bridgehead atoms. The third-order valence-corrected chi connectivity index (χ3v) is 24.0. The Morgan fingerprint density at radius 1 is 0.523 bits per heavy atom. The highest BCUT2D eigenvalue weighted by atomic mass is 79.9. The Balaban J connectivity index is 0.000000165. The van der Waals surface area contributed by atoms with Gasteiger partial charge in [-0.15, -0.1) is 0 Å². The minimum Gasteiger partial charge on any atom is -0.507 e. The number of anilines is 10. The molecule has 8 aliphatic heterocycles. The van der Waals surface area contributed by atoms with Crippen molar-refractivity contribution in [2.45, 2.75) is 196 Å². The predicted octanol–water partition coefficient (Wildman–Crippen LogP) is 18.1. The van der Waals surface area contributed by atoms with Crippen molar-refractivity contribution in [3.8, 4) is 34.5 Å². The third kappa shape index (κ3) is 28.3. The van der Waals surface area contributed by atoms with Crippen LogP contribution in [0.4, 0.5) is 70.4 Å². The molecule has 0 radical (unpaired) electrons. The molecule has 7 amide bonds. The fourth-order valence-electron chi connectivity index (χ4n) is 15.0. The number of hydrogen-bond acceptors (Lipinski definition) is 19. The summed E-state index contributed by atoms with van der Waals surface area (Å²) < 4.78 is 49.6. The van der Waals surface area contributed by atoms with E-state index in [0.717, 1.165) is 146 Å². The summed E-state index contributed by atoms with van der Waals surface area (Å²) >= 11 is 19.6. The zero-order valence-corrected chi connectivity index (χ0v) is 78.3. The number of amides is 7. The van der Waals surface area contributed by atoms with Crippen molar-refractivity contribution >= 4 is 161 Å². The molecule has 28 nitrogen and oxygen atoms in total. The molecule has 8 aliphatic rings. The zero-order chi connectivity index (χ0) is 93.2. The van der Waals surface area contributed by atoms with E-state index in [1.807, 2.05) is 99.3 Å². The van der Waals surface area contributed by atoms with Crippen LogP contribution in [0.3, 0.4) is 0 Å². The van der Waals surface area contributed by atoms with E-state index >= 15 is 0 Å². The number of phenols is 5. The SMILES string of the molecule is CC1CCc2cc(Br)c(O)cc2NC1=O.CC1CCc2cc(Cl)c(O)cc2NC1=O.CC1CCc2cc(F)c(O)cc2NC1=O.CC1CCc2cc(NC(=S)NC(C)(C)C)c(O)cc2NC1=O.CC1CCc2cc(NC(=S)Nc3ccc(F)cc3)c(O)cc2NC1=O.COc1cc2c(cc1N1CCN(C(=O)OC(C)(C)C)CC1)CCCC(=O)N2CCOC1CCCCO1. The van der Waals surface area contributed by atoms with Gasteiger partial charge in [0.2, 0.25) is 35.4 Å². The monoisotopic (exact) mass is 1890 g/mol. The molecular weight excluding hydrogens is 1770 g/mol. The van der Waals surface area contributed by atoms with Crippen molar-refractivity contribution in [3.05, 3.63) is 152 Å². The highest BCUT2D eigenvalue weighted by Crippen LogP contribution is 2.42. The Morgan fingerprint density at radius 3 is 1.45 bits per heavy atom. The molecule has 2 saturated heterocycles. The smallest absolute Gasteiger partial charge is 0.410 e. The maximum atomic E-state index is 13.1. The van der Waals surface area contributed by atoms with Gasteiger partial charge in [0.25, 0.3) is 0 Å². The molecule has 0 aliphatic carbocycles. The van der Waals surface area contributed by atoms with E-state index in [9.17, 15) is 67.9 Å². The lowest BCUT2D eigenvalue weighted by atomic mass is 10.0. The quantitative estimate of drug-likeness (QED) is 0.0471. The Morgan fingerprint density at radius 2 is 0.977 bits per heavy atom. The number of fused-ring (bicyclic) bond motifs is 6. The number of nitrogens with zero attached hydrogens (tertiary/aromatic N) is 3. The van der Waals surface area contributed by atoms with Crippen molar-refractivity contribution in [2.75, 3.05) is 105 Å². The first-order valence-corrected chi connectivity index (χ1v) is 45.2. The summed E-state index contributed by atoms with van der Waals surface area (Å²) in [5.41, 5.74) is 11.9. The number of carbonyl (C=O) groups is 7. The van der Waals surface area contributed by atoms with E-state index in [1.54, 1.807) is 48.4 Å². The van der Waals surface area contributed by atoms with Gasteiger partial charge in [-0.3, -0.25) is 28.8 Å². The average molecular weight is 1890 g/mol. The molecule has 14 N–H and O–H groups in total. The van der Waals surface area contributed by atoms with Crippen molar-refractivity contribution in [1.29, 1.82) is 0 Å². The number of hydrogen-bond donors (Lipinski definition) is 14. The second-order valence-corrected chi connectivity index (χ2v) is 37.2. The van der Waals surface area contributed by atoms with Gasteiger partial charge in [-0.1, -0.05) is 46.2 Å². The van der Waals surface area contributed by atoms with Gasteiger partial charge in [-0.2, -0.15) is 0 Å². The summed E-state index contributed by atoms with van der Waals surface area (Å²) in [5.74, 6) is -0.635. The van der Waals surface area contributed by atoms with Crippen LogP contribution in [-0.2, 0) is 81.5 Å². The Labute approximate surface area is 770 Å². The number of phenolic OH excluding ortho intramolecular Hbond substituents is 5. The van der Waals surface area contributed by atoms with E-state index < -0.39 is 17.2 Å².